The third kappa shape index (κ3) is 4.54. The van der Waals surface area contributed by atoms with Gasteiger partial charge in [0, 0.05) is 18.3 Å². The smallest absolute Gasteiger partial charge is 0.233 e. The number of anilines is 1. The zero-order valence-corrected chi connectivity index (χ0v) is 14.2. The van der Waals surface area contributed by atoms with E-state index in [4.69, 9.17) is 0 Å². The average Bonchev–Trinajstić information content (AvgIpc) is 2.82. The molecule has 1 fully saturated rings. The van der Waals surface area contributed by atoms with Gasteiger partial charge in [0.25, 0.3) is 0 Å². The molecule has 0 radical (unpaired) electrons. The van der Waals surface area contributed by atoms with Gasteiger partial charge in [0.1, 0.15) is 6.42 Å². The third-order valence-electron chi connectivity index (χ3n) is 4.04. The maximum atomic E-state index is 12.3. The monoisotopic (exact) mass is 338 g/mol. The van der Waals surface area contributed by atoms with Crippen LogP contribution in [-0.4, -0.2) is 49.2 Å². The number of aryl methyl sites for hydroxylation is 1. The minimum Gasteiger partial charge on any atom is -0.338 e. The van der Waals surface area contributed by atoms with E-state index in [0.717, 1.165) is 5.56 Å². The number of carbonyl (C=O) groups excluding carboxylic acids is 2. The number of sulfone groups is 1. The van der Waals surface area contributed by atoms with Crippen molar-refractivity contribution < 1.29 is 18.0 Å². The zero-order valence-electron chi connectivity index (χ0n) is 13.4. The van der Waals surface area contributed by atoms with E-state index >= 15 is 0 Å². The van der Waals surface area contributed by atoms with Gasteiger partial charge >= 0.3 is 0 Å². The average molecular weight is 338 g/mol. The van der Waals surface area contributed by atoms with Crippen LogP contribution in [0.1, 0.15) is 25.3 Å². The molecule has 1 aromatic carbocycles. The Morgan fingerprint density at radius 2 is 2.00 bits per heavy atom. The van der Waals surface area contributed by atoms with Crippen LogP contribution in [0.4, 0.5) is 5.69 Å². The Kier molecular flexibility index (Phi) is 5.41. The predicted molar refractivity (Wildman–Crippen MR) is 88.9 cm³/mol. The number of rotatable bonds is 5. The number of para-hydroxylation sites is 1. The molecule has 1 heterocycles. The highest BCUT2D eigenvalue weighted by molar-refractivity contribution is 7.91. The first kappa shape index (κ1) is 17.5. The number of benzene rings is 1. The number of nitrogens with zero attached hydrogens (tertiary/aromatic N) is 1. The lowest BCUT2D eigenvalue weighted by molar-refractivity contribution is -0.135. The van der Waals surface area contributed by atoms with Gasteiger partial charge in [0.15, 0.2) is 9.84 Å². The summed E-state index contributed by atoms with van der Waals surface area (Å²) in [6, 6.07) is 7.02. The summed E-state index contributed by atoms with van der Waals surface area (Å²) >= 11 is 0. The summed E-state index contributed by atoms with van der Waals surface area (Å²) < 4.78 is 23.1. The number of hydrogen-bond donors (Lipinski definition) is 1. The highest BCUT2D eigenvalue weighted by Crippen LogP contribution is 2.19. The zero-order chi connectivity index (χ0) is 17.0. The van der Waals surface area contributed by atoms with E-state index in [1.165, 1.54) is 4.90 Å². The summed E-state index contributed by atoms with van der Waals surface area (Å²) in [5.41, 5.74) is 1.60. The van der Waals surface area contributed by atoms with E-state index in [0.29, 0.717) is 18.7 Å². The maximum Gasteiger partial charge on any atom is 0.233 e. The SMILES string of the molecule is CCN(C(=O)CC(=O)Nc1ccccc1C)C1CCS(=O)(=O)C1. The standard InChI is InChI=1S/C16H22N2O4S/c1-3-18(13-8-9-23(21,22)11-13)16(20)10-15(19)17-14-7-5-4-6-12(14)2/h4-7,13H,3,8-11H2,1-2H3,(H,17,19). The second kappa shape index (κ2) is 7.12. The lowest BCUT2D eigenvalue weighted by Gasteiger charge is -2.26. The van der Waals surface area contributed by atoms with Crippen LogP contribution in [0.3, 0.4) is 0 Å². The van der Waals surface area contributed by atoms with Crippen LogP contribution >= 0.6 is 0 Å². The van der Waals surface area contributed by atoms with Gasteiger partial charge in [0.05, 0.1) is 11.5 Å². The fraction of sp³-hybridized carbons (Fsp3) is 0.500. The lowest BCUT2D eigenvalue weighted by atomic mass is 10.2. The first-order chi connectivity index (χ1) is 10.8. The number of nitrogens with one attached hydrogen (secondary N) is 1. The largest absolute Gasteiger partial charge is 0.338 e. The summed E-state index contributed by atoms with van der Waals surface area (Å²) in [6.45, 7) is 4.07. The number of carbonyl (C=O) groups is 2. The Morgan fingerprint density at radius 3 is 2.57 bits per heavy atom. The van der Waals surface area contributed by atoms with Gasteiger partial charge in [-0.1, -0.05) is 18.2 Å². The summed E-state index contributed by atoms with van der Waals surface area (Å²) in [5, 5.41) is 2.72. The molecule has 2 rings (SSSR count). The molecule has 0 spiro atoms. The van der Waals surface area contributed by atoms with Gasteiger partial charge < -0.3 is 10.2 Å². The van der Waals surface area contributed by atoms with Gasteiger partial charge in [-0.2, -0.15) is 0 Å². The summed E-state index contributed by atoms with van der Waals surface area (Å²) in [7, 11) is -3.06. The Hall–Kier alpha value is -1.89. The third-order valence-corrected chi connectivity index (χ3v) is 5.79. The Balaban J connectivity index is 1.97. The van der Waals surface area contributed by atoms with Crippen molar-refractivity contribution in [1.29, 1.82) is 0 Å². The molecule has 1 aromatic rings. The highest BCUT2D eigenvalue weighted by atomic mass is 32.2. The molecular weight excluding hydrogens is 316 g/mol. The summed E-state index contributed by atoms with van der Waals surface area (Å²) in [6.07, 6.45) is 0.167. The number of hydrogen-bond acceptors (Lipinski definition) is 4. The van der Waals surface area contributed by atoms with Crippen molar-refractivity contribution in [1.82, 2.24) is 4.90 Å². The molecular formula is C16H22N2O4S. The lowest BCUT2D eigenvalue weighted by Crippen LogP contribution is -2.42. The van der Waals surface area contributed by atoms with Crippen molar-refractivity contribution in [2.75, 3.05) is 23.4 Å². The van der Waals surface area contributed by atoms with E-state index in [1.807, 2.05) is 25.1 Å². The van der Waals surface area contributed by atoms with Crippen LogP contribution < -0.4 is 5.32 Å². The predicted octanol–water partition coefficient (Wildman–Crippen LogP) is 1.36. The first-order valence-corrected chi connectivity index (χ1v) is 9.50. The molecule has 0 bridgehead atoms. The molecule has 1 saturated heterocycles. The molecule has 0 aromatic heterocycles. The van der Waals surface area contributed by atoms with Crippen molar-refractivity contribution in [3.8, 4) is 0 Å². The minimum atomic E-state index is -3.06. The van der Waals surface area contributed by atoms with Gasteiger partial charge in [0.2, 0.25) is 11.8 Å². The molecule has 23 heavy (non-hydrogen) atoms. The topological polar surface area (TPSA) is 83.6 Å². The van der Waals surface area contributed by atoms with Crippen molar-refractivity contribution in [2.24, 2.45) is 0 Å². The summed E-state index contributed by atoms with van der Waals surface area (Å²) in [5.74, 6) is -0.618. The van der Waals surface area contributed by atoms with Crippen LogP contribution in [0.2, 0.25) is 0 Å². The molecule has 6 nitrogen and oxygen atoms in total. The van der Waals surface area contributed by atoms with Crippen LogP contribution in [0.25, 0.3) is 0 Å². The Labute approximate surface area is 136 Å². The van der Waals surface area contributed by atoms with Crippen LogP contribution in [0.15, 0.2) is 24.3 Å². The fourth-order valence-electron chi connectivity index (χ4n) is 2.81. The molecule has 1 unspecified atom stereocenters. The van der Waals surface area contributed by atoms with Crippen molar-refractivity contribution in [3.63, 3.8) is 0 Å². The molecule has 0 saturated carbocycles. The molecule has 1 N–H and O–H groups in total. The van der Waals surface area contributed by atoms with Crippen molar-refractivity contribution in [2.45, 2.75) is 32.7 Å². The summed E-state index contributed by atoms with van der Waals surface area (Å²) in [4.78, 5) is 25.9. The van der Waals surface area contributed by atoms with Crippen LogP contribution in [-0.2, 0) is 19.4 Å². The second-order valence-corrected chi connectivity index (χ2v) is 8.01. The normalized spacial score (nSPS) is 19.3. The van der Waals surface area contributed by atoms with Gasteiger partial charge in [-0.3, -0.25) is 9.59 Å². The van der Waals surface area contributed by atoms with E-state index in [-0.39, 0.29) is 35.8 Å². The van der Waals surface area contributed by atoms with E-state index < -0.39 is 9.84 Å². The maximum absolute atomic E-state index is 12.3. The molecule has 1 atom stereocenters. The highest BCUT2D eigenvalue weighted by Gasteiger charge is 2.34. The second-order valence-electron chi connectivity index (χ2n) is 5.78. The van der Waals surface area contributed by atoms with E-state index in [2.05, 4.69) is 5.32 Å². The Bertz CT molecular complexity index is 700. The van der Waals surface area contributed by atoms with Crippen molar-refractivity contribution in [3.05, 3.63) is 29.8 Å². The Morgan fingerprint density at radius 1 is 1.30 bits per heavy atom. The number of amides is 2. The van der Waals surface area contributed by atoms with Gasteiger partial charge in [-0.15, -0.1) is 0 Å². The quantitative estimate of drug-likeness (QED) is 0.822. The molecule has 7 heteroatoms. The van der Waals surface area contributed by atoms with E-state index in [9.17, 15) is 18.0 Å². The molecule has 2 amide bonds. The molecule has 1 aliphatic rings. The molecule has 0 aliphatic carbocycles. The fourth-order valence-corrected chi connectivity index (χ4v) is 4.54. The molecule has 126 valence electrons. The first-order valence-electron chi connectivity index (χ1n) is 7.68. The van der Waals surface area contributed by atoms with Crippen LogP contribution in [0.5, 0.6) is 0 Å². The van der Waals surface area contributed by atoms with Crippen molar-refractivity contribution >= 4 is 27.3 Å². The van der Waals surface area contributed by atoms with Crippen LogP contribution in [0, 0.1) is 6.92 Å². The van der Waals surface area contributed by atoms with Gasteiger partial charge in [-0.05, 0) is 31.9 Å². The minimum absolute atomic E-state index is 0.00794. The molecule has 1 aliphatic heterocycles. The van der Waals surface area contributed by atoms with E-state index in [1.54, 1.807) is 13.0 Å². The van der Waals surface area contributed by atoms with Gasteiger partial charge in [-0.25, -0.2) is 8.42 Å².